The van der Waals surface area contributed by atoms with Crippen LogP contribution in [0, 0.1) is 0 Å². The number of nitrogens with one attached hydrogen (secondary N) is 1. The topological polar surface area (TPSA) is 58.1 Å². The lowest BCUT2D eigenvalue weighted by atomic mass is 10.1. The molecule has 0 aliphatic heterocycles. The van der Waals surface area contributed by atoms with Crippen LogP contribution in [0.3, 0.4) is 0 Å². The second-order valence-corrected chi connectivity index (χ2v) is 5.50. The van der Waals surface area contributed by atoms with Gasteiger partial charge in [0.25, 0.3) is 5.91 Å². The first-order chi connectivity index (χ1) is 11.1. The van der Waals surface area contributed by atoms with Crippen LogP contribution in [-0.2, 0) is 6.42 Å². The molecule has 0 radical (unpaired) electrons. The zero-order chi connectivity index (χ0) is 16.7. The largest absolute Gasteiger partial charge is 0.356 e. The lowest BCUT2D eigenvalue weighted by Gasteiger charge is -2.18. The Labute approximate surface area is 141 Å². The second-order valence-electron chi connectivity index (χ2n) is 5.06. The molecule has 1 amide bonds. The Morgan fingerprint density at radius 1 is 1.13 bits per heavy atom. The fourth-order valence-corrected chi connectivity index (χ4v) is 2.34. The third-order valence-electron chi connectivity index (χ3n) is 3.57. The summed E-state index contributed by atoms with van der Waals surface area (Å²) < 4.78 is 0. The second kappa shape index (κ2) is 8.48. The summed E-state index contributed by atoms with van der Waals surface area (Å²) in [7, 11) is 0. The van der Waals surface area contributed by atoms with Gasteiger partial charge in [0.1, 0.15) is 11.5 Å². The van der Waals surface area contributed by atoms with Crippen LogP contribution in [0.4, 0.5) is 5.82 Å². The van der Waals surface area contributed by atoms with Crippen LogP contribution < -0.4 is 10.2 Å². The highest BCUT2D eigenvalue weighted by molar-refractivity contribution is 6.30. The van der Waals surface area contributed by atoms with E-state index in [1.54, 1.807) is 6.20 Å². The zero-order valence-corrected chi connectivity index (χ0v) is 14.2. The Morgan fingerprint density at radius 3 is 2.39 bits per heavy atom. The van der Waals surface area contributed by atoms with Crippen molar-refractivity contribution in [1.82, 2.24) is 15.3 Å². The summed E-state index contributed by atoms with van der Waals surface area (Å²) in [5.41, 5.74) is 1.45. The van der Waals surface area contributed by atoms with Gasteiger partial charge < -0.3 is 10.2 Å². The third-order valence-corrected chi connectivity index (χ3v) is 3.82. The summed E-state index contributed by atoms with van der Waals surface area (Å²) in [4.78, 5) is 22.6. The Morgan fingerprint density at radius 2 is 1.83 bits per heavy atom. The molecule has 1 aromatic carbocycles. The Bertz CT molecular complexity index is 624. The minimum atomic E-state index is -0.211. The van der Waals surface area contributed by atoms with E-state index in [1.807, 2.05) is 24.3 Å². The van der Waals surface area contributed by atoms with E-state index in [0.29, 0.717) is 17.3 Å². The van der Waals surface area contributed by atoms with Crippen molar-refractivity contribution >= 4 is 23.3 Å². The summed E-state index contributed by atoms with van der Waals surface area (Å²) in [6.45, 7) is 6.38. The molecule has 0 atom stereocenters. The average Bonchev–Trinajstić information content (AvgIpc) is 2.58. The summed E-state index contributed by atoms with van der Waals surface area (Å²) in [6.07, 6.45) is 3.90. The number of aromatic nitrogens is 2. The maximum Gasteiger partial charge on any atom is 0.271 e. The number of benzene rings is 1. The van der Waals surface area contributed by atoms with Gasteiger partial charge in [0.05, 0.1) is 12.4 Å². The van der Waals surface area contributed by atoms with E-state index in [2.05, 4.69) is 34.0 Å². The predicted molar refractivity (Wildman–Crippen MR) is 93.1 cm³/mol. The average molecular weight is 333 g/mol. The van der Waals surface area contributed by atoms with E-state index < -0.39 is 0 Å². The molecule has 2 rings (SSSR count). The number of rotatable bonds is 7. The van der Waals surface area contributed by atoms with Gasteiger partial charge in [0.2, 0.25) is 0 Å². The zero-order valence-electron chi connectivity index (χ0n) is 13.4. The van der Waals surface area contributed by atoms with Gasteiger partial charge in [-0.3, -0.25) is 4.79 Å². The molecule has 1 N–H and O–H groups in total. The summed E-state index contributed by atoms with van der Waals surface area (Å²) in [5, 5.41) is 3.56. The monoisotopic (exact) mass is 332 g/mol. The van der Waals surface area contributed by atoms with E-state index in [4.69, 9.17) is 11.6 Å². The fourth-order valence-electron chi connectivity index (χ4n) is 2.21. The molecule has 23 heavy (non-hydrogen) atoms. The number of amides is 1. The van der Waals surface area contributed by atoms with Gasteiger partial charge in [-0.1, -0.05) is 23.7 Å². The smallest absolute Gasteiger partial charge is 0.271 e. The highest BCUT2D eigenvalue weighted by Crippen LogP contribution is 2.10. The van der Waals surface area contributed by atoms with E-state index in [0.717, 1.165) is 30.9 Å². The Hall–Kier alpha value is -2.14. The first kappa shape index (κ1) is 17.2. The normalized spacial score (nSPS) is 10.4. The third kappa shape index (κ3) is 4.93. The molecule has 0 fully saturated rings. The molecule has 0 unspecified atom stereocenters. The number of carbonyl (C=O) groups excluding carboxylic acids is 1. The van der Waals surface area contributed by atoms with Crippen LogP contribution >= 0.6 is 11.6 Å². The SMILES string of the molecule is CCN(CC)c1cnc(C(=O)NCCc2ccc(Cl)cc2)cn1. The molecule has 1 aromatic heterocycles. The van der Waals surface area contributed by atoms with Crippen LogP contribution in [0.25, 0.3) is 0 Å². The van der Waals surface area contributed by atoms with Gasteiger partial charge >= 0.3 is 0 Å². The first-order valence-electron chi connectivity index (χ1n) is 7.73. The molecule has 0 saturated carbocycles. The van der Waals surface area contributed by atoms with Gasteiger partial charge in [0.15, 0.2) is 0 Å². The molecular formula is C17H21ClN4O. The Balaban J connectivity index is 1.86. The maximum atomic E-state index is 12.1. The molecule has 0 bridgehead atoms. The van der Waals surface area contributed by atoms with Crippen molar-refractivity contribution in [3.8, 4) is 0 Å². The van der Waals surface area contributed by atoms with Crippen molar-refractivity contribution in [3.63, 3.8) is 0 Å². The van der Waals surface area contributed by atoms with Gasteiger partial charge in [-0.25, -0.2) is 9.97 Å². The highest BCUT2D eigenvalue weighted by Gasteiger charge is 2.09. The van der Waals surface area contributed by atoms with Gasteiger partial charge in [0, 0.05) is 24.7 Å². The maximum absolute atomic E-state index is 12.1. The first-order valence-corrected chi connectivity index (χ1v) is 8.11. The molecule has 0 aliphatic carbocycles. The highest BCUT2D eigenvalue weighted by atomic mass is 35.5. The molecular weight excluding hydrogens is 312 g/mol. The molecule has 0 aliphatic rings. The van der Waals surface area contributed by atoms with Crippen molar-refractivity contribution in [1.29, 1.82) is 0 Å². The Kier molecular flexibility index (Phi) is 6.35. The minimum absolute atomic E-state index is 0.211. The van der Waals surface area contributed by atoms with Gasteiger partial charge in [-0.05, 0) is 38.0 Å². The van der Waals surface area contributed by atoms with Crippen molar-refractivity contribution < 1.29 is 4.79 Å². The standard InChI is InChI=1S/C17H21ClN4O/c1-3-22(4-2)16-12-20-15(11-21-16)17(23)19-10-9-13-5-7-14(18)8-6-13/h5-8,11-12H,3-4,9-10H2,1-2H3,(H,19,23). The van der Waals surface area contributed by atoms with Crippen LogP contribution in [0.2, 0.25) is 5.02 Å². The number of hydrogen-bond acceptors (Lipinski definition) is 4. The number of hydrogen-bond donors (Lipinski definition) is 1. The van der Waals surface area contributed by atoms with Crippen LogP contribution in [0.5, 0.6) is 0 Å². The van der Waals surface area contributed by atoms with Crippen LogP contribution in [0.1, 0.15) is 29.9 Å². The van der Waals surface area contributed by atoms with Crippen molar-refractivity contribution in [2.45, 2.75) is 20.3 Å². The number of halogens is 1. The number of anilines is 1. The minimum Gasteiger partial charge on any atom is -0.356 e. The molecule has 0 saturated heterocycles. The van der Waals surface area contributed by atoms with Crippen molar-refractivity contribution in [2.24, 2.45) is 0 Å². The van der Waals surface area contributed by atoms with Gasteiger partial charge in [-0.2, -0.15) is 0 Å². The van der Waals surface area contributed by atoms with E-state index in [-0.39, 0.29) is 5.91 Å². The van der Waals surface area contributed by atoms with E-state index in [1.165, 1.54) is 6.20 Å². The lowest BCUT2D eigenvalue weighted by Crippen LogP contribution is -2.27. The number of carbonyl (C=O) groups is 1. The van der Waals surface area contributed by atoms with E-state index >= 15 is 0 Å². The molecule has 5 nitrogen and oxygen atoms in total. The van der Waals surface area contributed by atoms with Crippen LogP contribution in [0.15, 0.2) is 36.7 Å². The molecule has 0 spiro atoms. The van der Waals surface area contributed by atoms with Crippen LogP contribution in [-0.4, -0.2) is 35.5 Å². The van der Waals surface area contributed by atoms with Crippen molar-refractivity contribution in [2.75, 3.05) is 24.5 Å². The number of nitrogens with zero attached hydrogens (tertiary/aromatic N) is 3. The quantitative estimate of drug-likeness (QED) is 0.847. The summed E-state index contributed by atoms with van der Waals surface area (Å²) in [5.74, 6) is 0.574. The molecule has 6 heteroatoms. The predicted octanol–water partition coefficient (Wildman–Crippen LogP) is 2.95. The summed E-state index contributed by atoms with van der Waals surface area (Å²) in [6, 6.07) is 7.59. The molecule has 2 aromatic rings. The van der Waals surface area contributed by atoms with E-state index in [9.17, 15) is 4.79 Å². The summed E-state index contributed by atoms with van der Waals surface area (Å²) >= 11 is 5.84. The van der Waals surface area contributed by atoms with Gasteiger partial charge in [-0.15, -0.1) is 0 Å². The fraction of sp³-hybridized carbons (Fsp3) is 0.353. The molecule has 1 heterocycles. The van der Waals surface area contributed by atoms with Crippen molar-refractivity contribution in [3.05, 3.63) is 52.9 Å². The molecule has 122 valence electrons. The lowest BCUT2D eigenvalue weighted by molar-refractivity contribution is 0.0949.